The molecule has 0 spiro atoms. The zero-order valence-electron chi connectivity index (χ0n) is 12.9. The van der Waals surface area contributed by atoms with Crippen LogP contribution in [-0.2, 0) is 6.42 Å². The van der Waals surface area contributed by atoms with Gasteiger partial charge in [-0.05, 0) is 43.4 Å². The van der Waals surface area contributed by atoms with Crippen molar-refractivity contribution < 1.29 is 9.47 Å². The van der Waals surface area contributed by atoms with Crippen molar-refractivity contribution in [2.75, 3.05) is 13.2 Å². The fraction of sp³-hybridized carbons (Fsp3) is 0.529. The lowest BCUT2D eigenvalue weighted by Crippen LogP contribution is -2.22. The minimum absolute atomic E-state index is 0.142. The fourth-order valence-electron chi connectivity index (χ4n) is 1.86. The maximum atomic E-state index is 6.07. The second-order valence-electron chi connectivity index (χ2n) is 4.94. The average molecular weight is 277 g/mol. The van der Waals surface area contributed by atoms with Crippen molar-refractivity contribution in [2.24, 2.45) is 5.73 Å². The largest absolute Gasteiger partial charge is 0.490 e. The third-order valence-electron chi connectivity index (χ3n) is 3.29. The summed E-state index contributed by atoms with van der Waals surface area (Å²) in [7, 11) is 0. The van der Waals surface area contributed by atoms with E-state index in [2.05, 4.69) is 26.5 Å². The Hall–Kier alpha value is -1.48. The van der Waals surface area contributed by atoms with Crippen molar-refractivity contribution in [1.29, 1.82) is 0 Å². The van der Waals surface area contributed by atoms with E-state index in [9.17, 15) is 0 Å². The molecule has 1 atom stereocenters. The maximum Gasteiger partial charge on any atom is 0.164 e. The highest BCUT2D eigenvalue weighted by Crippen LogP contribution is 2.32. The van der Waals surface area contributed by atoms with Crippen LogP contribution in [0.25, 0.3) is 0 Å². The summed E-state index contributed by atoms with van der Waals surface area (Å²) >= 11 is 0. The molecule has 0 aliphatic carbocycles. The maximum absolute atomic E-state index is 6.07. The molecule has 3 nitrogen and oxygen atoms in total. The van der Waals surface area contributed by atoms with Crippen molar-refractivity contribution in [3.63, 3.8) is 0 Å². The van der Waals surface area contributed by atoms with Crippen LogP contribution < -0.4 is 15.2 Å². The van der Waals surface area contributed by atoms with E-state index < -0.39 is 0 Å². The zero-order chi connectivity index (χ0) is 15.0. The van der Waals surface area contributed by atoms with Crippen molar-refractivity contribution in [3.05, 3.63) is 35.9 Å². The minimum atomic E-state index is 0.142. The van der Waals surface area contributed by atoms with Crippen LogP contribution in [-0.4, -0.2) is 19.3 Å². The number of para-hydroxylation sites is 1. The van der Waals surface area contributed by atoms with Crippen molar-refractivity contribution in [1.82, 2.24) is 0 Å². The quantitative estimate of drug-likeness (QED) is 0.700. The highest BCUT2D eigenvalue weighted by Gasteiger charge is 2.13. The molecule has 0 fully saturated rings. The molecule has 0 saturated heterocycles. The number of nitrogens with two attached hydrogens (primary N) is 1. The normalized spacial score (nSPS) is 12.0. The zero-order valence-corrected chi connectivity index (χ0v) is 12.9. The molecule has 1 unspecified atom stereocenters. The number of ether oxygens (including phenoxy) is 2. The Balaban J connectivity index is 2.96. The Kier molecular flexibility index (Phi) is 7.16. The Morgan fingerprint density at radius 1 is 1.25 bits per heavy atom. The minimum Gasteiger partial charge on any atom is -0.490 e. The van der Waals surface area contributed by atoms with Gasteiger partial charge in [0.25, 0.3) is 0 Å². The monoisotopic (exact) mass is 277 g/mol. The van der Waals surface area contributed by atoms with E-state index in [1.807, 2.05) is 19.1 Å². The second-order valence-corrected chi connectivity index (χ2v) is 4.94. The van der Waals surface area contributed by atoms with Crippen LogP contribution >= 0.6 is 0 Å². The predicted octanol–water partition coefficient (Wildman–Crippen LogP) is 3.71. The van der Waals surface area contributed by atoms with E-state index in [4.69, 9.17) is 15.2 Å². The van der Waals surface area contributed by atoms with Gasteiger partial charge in [-0.25, -0.2) is 0 Å². The van der Waals surface area contributed by atoms with Crippen LogP contribution in [0.2, 0.25) is 0 Å². The number of hydrogen-bond donors (Lipinski definition) is 1. The lowest BCUT2D eigenvalue weighted by atomic mass is 10.0. The first-order valence-corrected chi connectivity index (χ1v) is 7.41. The van der Waals surface area contributed by atoms with Crippen LogP contribution in [0.4, 0.5) is 0 Å². The molecule has 1 rings (SSSR count). The Morgan fingerprint density at radius 2 is 2.00 bits per heavy atom. The highest BCUT2D eigenvalue weighted by atomic mass is 16.5. The Morgan fingerprint density at radius 3 is 2.60 bits per heavy atom. The first-order chi connectivity index (χ1) is 9.62. The lowest BCUT2D eigenvalue weighted by molar-refractivity contribution is 0.289. The molecule has 0 aliphatic rings. The molecule has 0 heterocycles. The van der Waals surface area contributed by atoms with Crippen LogP contribution in [0, 0.1) is 0 Å². The van der Waals surface area contributed by atoms with Gasteiger partial charge in [0.15, 0.2) is 11.5 Å². The molecule has 0 radical (unpaired) electrons. The number of rotatable bonds is 9. The molecule has 0 saturated carbocycles. The van der Waals surface area contributed by atoms with E-state index in [-0.39, 0.29) is 6.04 Å². The SMILES string of the molecule is C=C(CC)COc1c(CC(N)CC)cccc1OCC. The average Bonchev–Trinajstić information content (AvgIpc) is 2.46. The summed E-state index contributed by atoms with van der Waals surface area (Å²) < 4.78 is 11.6. The van der Waals surface area contributed by atoms with Crippen LogP contribution in [0.3, 0.4) is 0 Å². The van der Waals surface area contributed by atoms with Gasteiger partial charge >= 0.3 is 0 Å². The van der Waals surface area contributed by atoms with Crippen molar-refractivity contribution in [3.8, 4) is 11.5 Å². The molecule has 3 heteroatoms. The first-order valence-electron chi connectivity index (χ1n) is 7.41. The van der Waals surface area contributed by atoms with Gasteiger partial charge in [0, 0.05) is 6.04 Å². The Bertz CT molecular complexity index is 429. The molecule has 112 valence electrons. The van der Waals surface area contributed by atoms with Gasteiger partial charge < -0.3 is 15.2 Å². The van der Waals surface area contributed by atoms with Gasteiger partial charge in [-0.1, -0.05) is 32.6 Å². The van der Waals surface area contributed by atoms with Crippen molar-refractivity contribution >= 4 is 0 Å². The molecule has 2 N–H and O–H groups in total. The molecule has 0 bridgehead atoms. The molecule has 1 aromatic carbocycles. The first kappa shape index (κ1) is 16.6. The van der Waals surface area contributed by atoms with Crippen LogP contribution in [0.1, 0.15) is 39.2 Å². The van der Waals surface area contributed by atoms with Gasteiger partial charge in [-0.3, -0.25) is 0 Å². The third-order valence-corrected chi connectivity index (χ3v) is 3.29. The summed E-state index contributed by atoms with van der Waals surface area (Å²) in [4.78, 5) is 0. The second kappa shape index (κ2) is 8.64. The van der Waals surface area contributed by atoms with Crippen molar-refractivity contribution in [2.45, 2.75) is 46.1 Å². The molecular weight excluding hydrogens is 250 g/mol. The van der Waals surface area contributed by atoms with Gasteiger partial charge in [-0.2, -0.15) is 0 Å². The standard InChI is InChI=1S/C17H27NO2/c1-5-13(4)12-20-17-14(11-15(18)6-2)9-8-10-16(17)19-7-3/h8-10,15H,4-7,11-12,18H2,1-3H3. The molecule has 0 amide bonds. The number of benzene rings is 1. The summed E-state index contributed by atoms with van der Waals surface area (Å²) in [6.07, 6.45) is 2.66. The smallest absolute Gasteiger partial charge is 0.164 e. The summed E-state index contributed by atoms with van der Waals surface area (Å²) in [5, 5.41) is 0. The predicted molar refractivity (Wildman–Crippen MR) is 84.5 cm³/mol. The van der Waals surface area contributed by atoms with Gasteiger partial charge in [0.2, 0.25) is 0 Å². The fourth-order valence-corrected chi connectivity index (χ4v) is 1.86. The van der Waals surface area contributed by atoms with Gasteiger partial charge in [0.05, 0.1) is 6.61 Å². The highest BCUT2D eigenvalue weighted by molar-refractivity contribution is 5.47. The summed E-state index contributed by atoms with van der Waals surface area (Å²) in [6, 6.07) is 6.13. The van der Waals surface area contributed by atoms with E-state index in [1.54, 1.807) is 0 Å². The molecule has 1 aromatic rings. The van der Waals surface area contributed by atoms with E-state index in [0.717, 1.165) is 41.9 Å². The summed E-state index contributed by atoms with van der Waals surface area (Å²) in [5.74, 6) is 1.60. The van der Waals surface area contributed by atoms with Crippen LogP contribution in [0.5, 0.6) is 11.5 Å². The lowest BCUT2D eigenvalue weighted by Gasteiger charge is -2.18. The molecule has 0 aromatic heterocycles. The van der Waals surface area contributed by atoms with Crippen LogP contribution in [0.15, 0.2) is 30.4 Å². The topological polar surface area (TPSA) is 44.5 Å². The van der Waals surface area contributed by atoms with E-state index in [1.165, 1.54) is 0 Å². The van der Waals surface area contributed by atoms with E-state index >= 15 is 0 Å². The Labute approximate surface area is 122 Å². The number of hydrogen-bond acceptors (Lipinski definition) is 3. The molecule has 0 aliphatic heterocycles. The third kappa shape index (κ3) is 4.89. The molecule has 20 heavy (non-hydrogen) atoms. The molecular formula is C17H27NO2. The van der Waals surface area contributed by atoms with E-state index in [0.29, 0.717) is 13.2 Å². The summed E-state index contributed by atoms with van der Waals surface area (Å²) in [5.41, 5.74) is 8.24. The van der Waals surface area contributed by atoms with Gasteiger partial charge in [-0.15, -0.1) is 0 Å². The van der Waals surface area contributed by atoms with Gasteiger partial charge in [0.1, 0.15) is 6.61 Å². The summed E-state index contributed by atoms with van der Waals surface area (Å²) in [6.45, 7) is 11.3.